The molecule has 0 saturated heterocycles. The molecule has 2 aromatic rings. The molecule has 1 N–H and O–H groups in total. The number of benzene rings is 1. The Hall–Kier alpha value is -1.74. The van der Waals surface area contributed by atoms with Crippen molar-refractivity contribution >= 4 is 49.1 Å². The van der Waals surface area contributed by atoms with Gasteiger partial charge >= 0.3 is 0 Å². The standard InChI is InChI=1S/C11H8Br2N4O3/c1-16-3-2-9(15-16)11(18)14-10-7(12)4-6(17(19)20)5-8(10)13/h2-5H,1H3,(H,14,18). The predicted molar refractivity (Wildman–Crippen MR) is 79.7 cm³/mol. The molecule has 0 bridgehead atoms. The van der Waals surface area contributed by atoms with Crippen LogP contribution in [0.3, 0.4) is 0 Å². The zero-order valence-corrected chi connectivity index (χ0v) is 13.3. The summed E-state index contributed by atoms with van der Waals surface area (Å²) in [4.78, 5) is 22.2. The smallest absolute Gasteiger partial charge is 0.276 e. The van der Waals surface area contributed by atoms with Crippen LogP contribution in [0.25, 0.3) is 0 Å². The Kier molecular flexibility index (Phi) is 4.19. The van der Waals surface area contributed by atoms with Gasteiger partial charge in [0, 0.05) is 34.3 Å². The highest BCUT2D eigenvalue weighted by molar-refractivity contribution is 9.11. The first-order valence-corrected chi connectivity index (χ1v) is 6.91. The number of nitro benzene ring substituents is 1. The molecule has 104 valence electrons. The molecule has 0 aliphatic heterocycles. The van der Waals surface area contributed by atoms with Gasteiger partial charge in [-0.25, -0.2) is 0 Å². The highest BCUT2D eigenvalue weighted by Crippen LogP contribution is 2.35. The monoisotopic (exact) mass is 402 g/mol. The van der Waals surface area contributed by atoms with Crippen LogP contribution in [0.1, 0.15) is 10.5 Å². The van der Waals surface area contributed by atoms with Crippen LogP contribution in [-0.2, 0) is 7.05 Å². The van der Waals surface area contributed by atoms with Crippen LogP contribution in [0.2, 0.25) is 0 Å². The van der Waals surface area contributed by atoms with E-state index in [1.54, 1.807) is 19.3 Å². The van der Waals surface area contributed by atoms with Crippen LogP contribution < -0.4 is 5.32 Å². The third-order valence-electron chi connectivity index (χ3n) is 2.42. The lowest BCUT2D eigenvalue weighted by molar-refractivity contribution is -0.385. The highest BCUT2D eigenvalue weighted by atomic mass is 79.9. The molecule has 0 unspecified atom stereocenters. The second-order valence-corrected chi connectivity index (χ2v) is 5.58. The fraction of sp³-hybridized carbons (Fsp3) is 0.0909. The first-order chi connectivity index (χ1) is 9.38. The van der Waals surface area contributed by atoms with Crippen molar-refractivity contribution in [3.63, 3.8) is 0 Å². The van der Waals surface area contributed by atoms with Gasteiger partial charge in [0.2, 0.25) is 0 Å². The molecule has 0 spiro atoms. The highest BCUT2D eigenvalue weighted by Gasteiger charge is 2.17. The molecule has 1 aromatic heterocycles. The van der Waals surface area contributed by atoms with Gasteiger partial charge in [-0.2, -0.15) is 5.10 Å². The van der Waals surface area contributed by atoms with Gasteiger partial charge in [-0.05, 0) is 37.9 Å². The first kappa shape index (κ1) is 14.7. The molecule has 0 aliphatic rings. The number of carbonyl (C=O) groups is 1. The van der Waals surface area contributed by atoms with Crippen LogP contribution in [0.15, 0.2) is 33.3 Å². The predicted octanol–water partition coefficient (Wildman–Crippen LogP) is 3.11. The number of nitrogens with zero attached hydrogens (tertiary/aromatic N) is 3. The van der Waals surface area contributed by atoms with Crippen LogP contribution in [0.5, 0.6) is 0 Å². The van der Waals surface area contributed by atoms with Crippen molar-refractivity contribution in [1.82, 2.24) is 9.78 Å². The topological polar surface area (TPSA) is 90.1 Å². The maximum atomic E-state index is 12.0. The van der Waals surface area contributed by atoms with Crippen molar-refractivity contribution in [2.24, 2.45) is 7.05 Å². The Morgan fingerprint density at radius 1 is 1.40 bits per heavy atom. The number of hydrogen-bond donors (Lipinski definition) is 1. The van der Waals surface area contributed by atoms with E-state index in [-0.39, 0.29) is 11.4 Å². The zero-order valence-electron chi connectivity index (χ0n) is 10.1. The molecule has 20 heavy (non-hydrogen) atoms. The molecule has 0 atom stereocenters. The number of nitrogens with one attached hydrogen (secondary N) is 1. The lowest BCUT2D eigenvalue weighted by Crippen LogP contribution is -2.14. The summed E-state index contributed by atoms with van der Waals surface area (Å²) in [5.41, 5.74) is 0.579. The summed E-state index contributed by atoms with van der Waals surface area (Å²) in [6, 6.07) is 4.21. The largest absolute Gasteiger partial charge is 0.319 e. The van der Waals surface area contributed by atoms with Gasteiger partial charge in [-0.1, -0.05) is 0 Å². The third kappa shape index (κ3) is 3.05. The molecule has 1 aromatic carbocycles. The lowest BCUT2D eigenvalue weighted by Gasteiger charge is -2.08. The summed E-state index contributed by atoms with van der Waals surface area (Å²) in [5.74, 6) is -0.402. The van der Waals surface area contributed by atoms with Gasteiger partial charge in [0.05, 0.1) is 10.6 Å². The van der Waals surface area contributed by atoms with E-state index >= 15 is 0 Å². The van der Waals surface area contributed by atoms with E-state index in [4.69, 9.17) is 0 Å². The van der Waals surface area contributed by atoms with Gasteiger partial charge in [0.25, 0.3) is 11.6 Å². The molecule has 0 saturated carbocycles. The molecule has 9 heteroatoms. The van der Waals surface area contributed by atoms with Crippen molar-refractivity contribution in [3.8, 4) is 0 Å². The number of carbonyl (C=O) groups excluding carboxylic acids is 1. The fourth-order valence-corrected chi connectivity index (χ4v) is 2.86. The Bertz CT molecular complexity index is 676. The minimum Gasteiger partial charge on any atom is -0.319 e. The number of aromatic nitrogens is 2. The van der Waals surface area contributed by atoms with E-state index in [0.717, 1.165) is 0 Å². The van der Waals surface area contributed by atoms with Gasteiger partial charge in [0.15, 0.2) is 5.69 Å². The van der Waals surface area contributed by atoms with Crippen molar-refractivity contribution in [2.45, 2.75) is 0 Å². The zero-order chi connectivity index (χ0) is 14.9. The fourth-order valence-electron chi connectivity index (χ4n) is 1.50. The molecule has 2 rings (SSSR count). The van der Waals surface area contributed by atoms with E-state index in [2.05, 4.69) is 42.3 Å². The molecular formula is C11H8Br2N4O3. The maximum absolute atomic E-state index is 12.0. The molecule has 7 nitrogen and oxygen atoms in total. The Labute approximate surface area is 130 Å². The van der Waals surface area contributed by atoms with Crippen molar-refractivity contribution in [1.29, 1.82) is 0 Å². The van der Waals surface area contributed by atoms with Gasteiger partial charge in [-0.15, -0.1) is 0 Å². The van der Waals surface area contributed by atoms with Crippen LogP contribution >= 0.6 is 31.9 Å². The second-order valence-electron chi connectivity index (χ2n) is 3.87. The number of hydrogen-bond acceptors (Lipinski definition) is 4. The molecule has 0 radical (unpaired) electrons. The maximum Gasteiger partial charge on any atom is 0.276 e. The molecule has 1 amide bonds. The normalized spacial score (nSPS) is 10.3. The number of halogens is 2. The second kappa shape index (κ2) is 5.71. The number of non-ortho nitro benzene ring substituents is 1. The Morgan fingerprint density at radius 2 is 2.00 bits per heavy atom. The Balaban J connectivity index is 2.30. The van der Waals surface area contributed by atoms with Gasteiger partial charge in [-0.3, -0.25) is 19.6 Å². The van der Waals surface area contributed by atoms with E-state index in [1.807, 2.05) is 0 Å². The van der Waals surface area contributed by atoms with Crippen molar-refractivity contribution in [2.75, 3.05) is 5.32 Å². The molecule has 0 aliphatic carbocycles. The average molecular weight is 404 g/mol. The minimum atomic E-state index is -0.514. The summed E-state index contributed by atoms with van der Waals surface area (Å²) < 4.78 is 2.32. The number of rotatable bonds is 3. The summed E-state index contributed by atoms with van der Waals surface area (Å²) in [6.45, 7) is 0. The van der Waals surface area contributed by atoms with Gasteiger partial charge < -0.3 is 5.32 Å². The quantitative estimate of drug-likeness (QED) is 0.629. The minimum absolute atomic E-state index is 0.0837. The SMILES string of the molecule is Cn1ccc(C(=O)Nc2c(Br)cc([N+](=O)[O-])cc2Br)n1. The van der Waals surface area contributed by atoms with E-state index in [1.165, 1.54) is 16.8 Å². The summed E-state index contributed by atoms with van der Waals surface area (Å²) in [5, 5.41) is 17.3. The number of anilines is 1. The molecule has 0 fully saturated rings. The van der Waals surface area contributed by atoms with Crippen LogP contribution in [0, 0.1) is 10.1 Å². The Morgan fingerprint density at radius 3 is 2.45 bits per heavy atom. The summed E-state index contributed by atoms with van der Waals surface area (Å²) in [6.07, 6.45) is 1.65. The molecular weight excluding hydrogens is 396 g/mol. The van der Waals surface area contributed by atoms with Crippen molar-refractivity contribution in [3.05, 3.63) is 49.1 Å². The van der Waals surface area contributed by atoms with E-state index < -0.39 is 10.8 Å². The first-order valence-electron chi connectivity index (χ1n) is 5.33. The van der Waals surface area contributed by atoms with Crippen LogP contribution in [-0.4, -0.2) is 20.6 Å². The lowest BCUT2D eigenvalue weighted by atomic mass is 10.2. The number of aryl methyl sites for hydroxylation is 1. The van der Waals surface area contributed by atoms with E-state index in [0.29, 0.717) is 14.6 Å². The number of nitro groups is 1. The molecule has 1 heterocycles. The van der Waals surface area contributed by atoms with Crippen molar-refractivity contribution < 1.29 is 9.72 Å². The van der Waals surface area contributed by atoms with E-state index in [9.17, 15) is 14.9 Å². The summed E-state index contributed by atoms with van der Waals surface area (Å²) >= 11 is 6.40. The third-order valence-corrected chi connectivity index (χ3v) is 3.67. The van der Waals surface area contributed by atoms with Gasteiger partial charge in [0.1, 0.15) is 0 Å². The summed E-state index contributed by atoms with van der Waals surface area (Å²) in [7, 11) is 1.70. The average Bonchev–Trinajstić information content (AvgIpc) is 2.80. The number of amides is 1. The van der Waals surface area contributed by atoms with Crippen LogP contribution in [0.4, 0.5) is 11.4 Å².